The summed E-state index contributed by atoms with van der Waals surface area (Å²) in [5, 5.41) is 11.0. The van der Waals surface area contributed by atoms with Crippen LogP contribution in [0.3, 0.4) is 0 Å². The van der Waals surface area contributed by atoms with Crippen LogP contribution in [0.4, 0.5) is 0 Å². The third-order valence-electron chi connectivity index (χ3n) is 3.25. The third kappa shape index (κ3) is 3.01. The van der Waals surface area contributed by atoms with Crippen molar-refractivity contribution in [2.45, 2.75) is 13.8 Å². The largest absolute Gasteiger partial charge is 0.196 e. The zero-order valence-electron chi connectivity index (χ0n) is 12.0. The normalized spacial score (nSPS) is 10.0. The van der Waals surface area contributed by atoms with Crippen LogP contribution in [0, 0.1) is 25.7 Å². The predicted octanol–water partition coefficient (Wildman–Crippen LogP) is 3.49. The van der Waals surface area contributed by atoms with Gasteiger partial charge in [-0.25, -0.2) is 0 Å². The number of aromatic nitrogens is 3. The summed E-state index contributed by atoms with van der Waals surface area (Å²) in [6.07, 6.45) is 0. The minimum absolute atomic E-state index is 0.666. The number of aryl methyl sites for hydroxylation is 2. The standard InChI is InChI=1S/C18H15N3/c1-13-3-7-15(8-4-13)9-12-17-18(20-21-19-17)16-10-5-14(2)6-11-16/h3-8,10-11H,1-2H3,(H,19,20,21). The Morgan fingerprint density at radius 2 is 1.38 bits per heavy atom. The molecular formula is C18H15N3. The van der Waals surface area contributed by atoms with Crippen molar-refractivity contribution in [3.8, 4) is 23.1 Å². The van der Waals surface area contributed by atoms with Gasteiger partial charge in [-0.2, -0.15) is 10.3 Å². The first-order valence-corrected chi connectivity index (χ1v) is 6.79. The summed E-state index contributed by atoms with van der Waals surface area (Å²) in [5.74, 6) is 6.21. The van der Waals surface area contributed by atoms with Gasteiger partial charge in [-0.15, -0.1) is 5.10 Å². The van der Waals surface area contributed by atoms with Crippen molar-refractivity contribution >= 4 is 0 Å². The molecule has 0 unspecified atom stereocenters. The van der Waals surface area contributed by atoms with Crippen LogP contribution in [0.25, 0.3) is 11.3 Å². The van der Waals surface area contributed by atoms with Crippen molar-refractivity contribution in [2.75, 3.05) is 0 Å². The molecule has 2 aromatic carbocycles. The monoisotopic (exact) mass is 273 g/mol. The Hall–Kier alpha value is -2.86. The molecule has 0 fully saturated rings. The lowest BCUT2D eigenvalue weighted by Crippen LogP contribution is -1.84. The molecule has 3 rings (SSSR count). The van der Waals surface area contributed by atoms with Crippen LogP contribution in [-0.4, -0.2) is 15.4 Å². The number of rotatable bonds is 1. The highest BCUT2D eigenvalue weighted by Gasteiger charge is 2.07. The molecule has 0 saturated carbocycles. The molecule has 0 aliphatic heterocycles. The Bertz CT molecular complexity index is 800. The number of hydrogen-bond acceptors (Lipinski definition) is 2. The van der Waals surface area contributed by atoms with Gasteiger partial charge in [-0.1, -0.05) is 53.4 Å². The lowest BCUT2D eigenvalue weighted by Gasteiger charge is -1.97. The average Bonchev–Trinajstić information content (AvgIpc) is 2.96. The molecule has 0 radical (unpaired) electrons. The highest BCUT2D eigenvalue weighted by molar-refractivity contribution is 5.65. The van der Waals surface area contributed by atoms with Crippen molar-refractivity contribution in [3.05, 3.63) is 70.9 Å². The van der Waals surface area contributed by atoms with Crippen LogP contribution >= 0.6 is 0 Å². The Balaban J connectivity index is 1.93. The van der Waals surface area contributed by atoms with Crippen molar-refractivity contribution in [1.29, 1.82) is 0 Å². The molecule has 0 amide bonds. The van der Waals surface area contributed by atoms with Gasteiger partial charge >= 0.3 is 0 Å². The maximum atomic E-state index is 4.20. The van der Waals surface area contributed by atoms with E-state index >= 15 is 0 Å². The van der Waals surface area contributed by atoms with Gasteiger partial charge in [0.1, 0.15) is 5.69 Å². The van der Waals surface area contributed by atoms with Crippen LogP contribution in [-0.2, 0) is 0 Å². The van der Waals surface area contributed by atoms with Gasteiger partial charge in [-0.05, 0) is 31.9 Å². The number of hydrogen-bond donors (Lipinski definition) is 1. The number of aromatic amines is 1. The summed E-state index contributed by atoms with van der Waals surface area (Å²) in [7, 11) is 0. The van der Waals surface area contributed by atoms with Crippen LogP contribution in [0.5, 0.6) is 0 Å². The first-order valence-electron chi connectivity index (χ1n) is 6.79. The Morgan fingerprint density at radius 1 is 0.762 bits per heavy atom. The highest BCUT2D eigenvalue weighted by atomic mass is 15.3. The maximum absolute atomic E-state index is 4.20. The van der Waals surface area contributed by atoms with Gasteiger partial charge < -0.3 is 0 Å². The summed E-state index contributed by atoms with van der Waals surface area (Å²) in [5.41, 5.74) is 5.88. The topological polar surface area (TPSA) is 41.6 Å². The molecule has 21 heavy (non-hydrogen) atoms. The van der Waals surface area contributed by atoms with E-state index in [2.05, 4.69) is 53.2 Å². The molecule has 0 aliphatic rings. The molecule has 0 atom stereocenters. The SMILES string of the molecule is Cc1ccc(C#Cc2n[nH]nc2-c2ccc(C)cc2)cc1. The van der Waals surface area contributed by atoms with Crippen molar-refractivity contribution in [2.24, 2.45) is 0 Å². The van der Waals surface area contributed by atoms with Crippen molar-refractivity contribution < 1.29 is 0 Å². The van der Waals surface area contributed by atoms with Crippen LogP contribution < -0.4 is 0 Å². The van der Waals surface area contributed by atoms with Crippen LogP contribution in [0.1, 0.15) is 22.4 Å². The Labute approximate surface area is 124 Å². The fourth-order valence-corrected chi connectivity index (χ4v) is 2.00. The molecule has 1 N–H and O–H groups in total. The molecule has 3 nitrogen and oxygen atoms in total. The molecule has 0 bridgehead atoms. The molecule has 1 heterocycles. The average molecular weight is 273 g/mol. The highest BCUT2D eigenvalue weighted by Crippen LogP contribution is 2.19. The van der Waals surface area contributed by atoms with Crippen LogP contribution in [0.2, 0.25) is 0 Å². The number of H-pyrrole nitrogens is 1. The molecule has 1 aromatic heterocycles. The lowest BCUT2D eigenvalue weighted by atomic mass is 10.1. The van der Waals surface area contributed by atoms with Gasteiger partial charge in [0.2, 0.25) is 0 Å². The molecule has 0 aliphatic carbocycles. The quantitative estimate of drug-likeness (QED) is 0.690. The fourth-order valence-electron chi connectivity index (χ4n) is 2.00. The first-order chi connectivity index (χ1) is 10.2. The van der Waals surface area contributed by atoms with E-state index in [9.17, 15) is 0 Å². The second-order valence-electron chi connectivity index (χ2n) is 5.00. The second-order valence-corrected chi connectivity index (χ2v) is 5.00. The molecule has 0 spiro atoms. The summed E-state index contributed by atoms with van der Waals surface area (Å²) in [4.78, 5) is 0. The fraction of sp³-hybridized carbons (Fsp3) is 0.111. The zero-order valence-corrected chi connectivity index (χ0v) is 12.0. The maximum Gasteiger partial charge on any atom is 0.163 e. The smallest absolute Gasteiger partial charge is 0.163 e. The Morgan fingerprint density at radius 3 is 2.05 bits per heavy atom. The van der Waals surface area contributed by atoms with Gasteiger partial charge in [0, 0.05) is 11.1 Å². The Kier molecular flexibility index (Phi) is 3.53. The molecule has 102 valence electrons. The molecule has 3 aromatic rings. The van der Waals surface area contributed by atoms with Gasteiger partial charge in [-0.3, -0.25) is 0 Å². The minimum Gasteiger partial charge on any atom is -0.196 e. The minimum atomic E-state index is 0.666. The van der Waals surface area contributed by atoms with E-state index < -0.39 is 0 Å². The number of nitrogens with one attached hydrogen (secondary N) is 1. The molecule has 0 saturated heterocycles. The zero-order chi connectivity index (χ0) is 14.7. The van der Waals surface area contributed by atoms with E-state index in [1.54, 1.807) is 0 Å². The predicted molar refractivity (Wildman–Crippen MR) is 83.7 cm³/mol. The van der Waals surface area contributed by atoms with E-state index in [0.717, 1.165) is 16.8 Å². The summed E-state index contributed by atoms with van der Waals surface area (Å²) in [6.45, 7) is 4.12. The summed E-state index contributed by atoms with van der Waals surface area (Å²) >= 11 is 0. The third-order valence-corrected chi connectivity index (χ3v) is 3.25. The van der Waals surface area contributed by atoms with E-state index in [-0.39, 0.29) is 0 Å². The van der Waals surface area contributed by atoms with Crippen molar-refractivity contribution in [3.63, 3.8) is 0 Å². The van der Waals surface area contributed by atoms with E-state index in [4.69, 9.17) is 0 Å². The summed E-state index contributed by atoms with van der Waals surface area (Å²) < 4.78 is 0. The number of benzene rings is 2. The van der Waals surface area contributed by atoms with Crippen LogP contribution in [0.15, 0.2) is 48.5 Å². The lowest BCUT2D eigenvalue weighted by molar-refractivity contribution is 0.938. The first kappa shape index (κ1) is 13.1. The number of nitrogens with zero attached hydrogens (tertiary/aromatic N) is 2. The van der Waals surface area contributed by atoms with E-state index in [1.807, 2.05) is 36.4 Å². The van der Waals surface area contributed by atoms with Gasteiger partial charge in [0.05, 0.1) is 0 Å². The van der Waals surface area contributed by atoms with Gasteiger partial charge in [0.15, 0.2) is 5.69 Å². The van der Waals surface area contributed by atoms with Crippen molar-refractivity contribution in [1.82, 2.24) is 15.4 Å². The second kappa shape index (κ2) is 5.64. The molecular weight excluding hydrogens is 258 g/mol. The molecule has 3 heteroatoms. The van der Waals surface area contributed by atoms with E-state index in [0.29, 0.717) is 5.69 Å². The van der Waals surface area contributed by atoms with Gasteiger partial charge in [0.25, 0.3) is 0 Å². The summed E-state index contributed by atoms with van der Waals surface area (Å²) in [6, 6.07) is 16.3. The van der Waals surface area contributed by atoms with E-state index in [1.165, 1.54) is 11.1 Å².